The molecular weight excluding hydrogens is 362 g/mol. The first-order valence-electron chi connectivity index (χ1n) is 9.62. The Kier molecular flexibility index (Phi) is 5.47. The predicted octanol–water partition coefficient (Wildman–Crippen LogP) is 5.02. The lowest BCUT2D eigenvalue weighted by atomic mass is 10.2. The summed E-state index contributed by atoms with van der Waals surface area (Å²) in [6, 6.07) is 24.5. The van der Waals surface area contributed by atoms with Crippen LogP contribution >= 0.6 is 0 Å². The van der Waals surface area contributed by atoms with Crippen molar-refractivity contribution in [3.05, 3.63) is 101 Å². The summed E-state index contributed by atoms with van der Waals surface area (Å²) in [5.41, 5.74) is 1.42. The molecule has 0 bridgehead atoms. The first kappa shape index (κ1) is 18.6. The van der Waals surface area contributed by atoms with Crippen LogP contribution < -0.4 is 10.3 Å². The minimum absolute atomic E-state index is 0.153. The molecule has 0 N–H and O–H groups in total. The second-order valence-corrected chi connectivity index (χ2v) is 6.64. The Labute approximate surface area is 168 Å². The van der Waals surface area contributed by atoms with E-state index < -0.39 is 0 Å². The van der Waals surface area contributed by atoms with Crippen molar-refractivity contribution in [1.29, 1.82) is 0 Å². The molecule has 0 amide bonds. The molecule has 0 saturated carbocycles. The van der Waals surface area contributed by atoms with Crippen LogP contribution in [0.3, 0.4) is 0 Å². The molecule has 3 aromatic carbocycles. The van der Waals surface area contributed by atoms with Crippen molar-refractivity contribution >= 4 is 17.1 Å². The van der Waals surface area contributed by atoms with Crippen LogP contribution in [-0.4, -0.2) is 15.9 Å². The third-order valence-corrected chi connectivity index (χ3v) is 4.48. The van der Waals surface area contributed by atoms with Crippen LogP contribution in [0.4, 0.5) is 0 Å². The number of rotatable bonds is 6. The molecule has 29 heavy (non-hydrogen) atoms. The summed E-state index contributed by atoms with van der Waals surface area (Å²) < 4.78 is 7.21. The van der Waals surface area contributed by atoms with E-state index in [1.165, 1.54) is 4.68 Å². The number of hydrogen-bond acceptors (Lipinski definition) is 4. The van der Waals surface area contributed by atoms with Gasteiger partial charge in [0.2, 0.25) is 0 Å². The van der Waals surface area contributed by atoms with E-state index in [0.29, 0.717) is 23.1 Å². The highest BCUT2D eigenvalue weighted by atomic mass is 16.5. The van der Waals surface area contributed by atoms with E-state index in [9.17, 15) is 4.79 Å². The Hall–Kier alpha value is -3.73. The molecule has 0 aliphatic rings. The molecule has 0 aliphatic heterocycles. The molecule has 4 rings (SSSR count). The summed E-state index contributed by atoms with van der Waals surface area (Å²) in [6.45, 7) is 2.06. The molecule has 144 valence electrons. The Balaban J connectivity index is 1.61. The third-order valence-electron chi connectivity index (χ3n) is 4.48. The van der Waals surface area contributed by atoms with Crippen molar-refractivity contribution in [1.82, 2.24) is 9.66 Å². The number of aryl methyl sites for hydroxylation is 1. The number of nitrogens with zero attached hydrogens (tertiary/aromatic N) is 3. The quantitative estimate of drug-likeness (QED) is 0.439. The largest absolute Gasteiger partial charge is 0.457 e. The maximum Gasteiger partial charge on any atom is 0.282 e. The summed E-state index contributed by atoms with van der Waals surface area (Å²) in [7, 11) is 0. The Bertz CT molecular complexity index is 1200. The highest BCUT2D eigenvalue weighted by Gasteiger charge is 2.09. The highest BCUT2D eigenvalue weighted by Crippen LogP contribution is 2.20. The molecule has 4 aromatic rings. The monoisotopic (exact) mass is 383 g/mol. The van der Waals surface area contributed by atoms with E-state index in [0.717, 1.165) is 23.5 Å². The molecule has 0 atom stereocenters. The van der Waals surface area contributed by atoms with E-state index >= 15 is 0 Å². The predicted molar refractivity (Wildman–Crippen MR) is 116 cm³/mol. The van der Waals surface area contributed by atoms with Gasteiger partial charge in [0.15, 0.2) is 0 Å². The lowest BCUT2D eigenvalue weighted by molar-refractivity contribution is 0.482. The number of aromatic nitrogens is 2. The lowest BCUT2D eigenvalue weighted by Gasteiger charge is -2.08. The highest BCUT2D eigenvalue weighted by molar-refractivity contribution is 5.80. The second-order valence-electron chi connectivity index (χ2n) is 6.64. The van der Waals surface area contributed by atoms with Crippen molar-refractivity contribution in [2.45, 2.75) is 19.8 Å². The van der Waals surface area contributed by atoms with Gasteiger partial charge in [-0.05, 0) is 60.5 Å². The summed E-state index contributed by atoms with van der Waals surface area (Å²) in [4.78, 5) is 17.5. The van der Waals surface area contributed by atoms with E-state index in [4.69, 9.17) is 4.74 Å². The molecule has 1 heterocycles. The van der Waals surface area contributed by atoms with E-state index in [1.54, 1.807) is 12.3 Å². The fraction of sp³-hybridized carbons (Fsp3) is 0.125. The minimum atomic E-state index is -0.153. The number of fused-ring (bicyclic) bond motifs is 1. The van der Waals surface area contributed by atoms with Crippen LogP contribution in [0.1, 0.15) is 24.7 Å². The summed E-state index contributed by atoms with van der Waals surface area (Å²) in [6.07, 6.45) is 3.23. The Morgan fingerprint density at radius 2 is 1.62 bits per heavy atom. The molecule has 0 radical (unpaired) electrons. The van der Waals surface area contributed by atoms with Gasteiger partial charge in [0.1, 0.15) is 17.3 Å². The van der Waals surface area contributed by atoms with Gasteiger partial charge in [-0.25, -0.2) is 4.98 Å². The molecule has 0 fully saturated rings. The van der Waals surface area contributed by atoms with Crippen LogP contribution in [0.15, 0.2) is 88.8 Å². The number of hydrogen-bond donors (Lipinski definition) is 0. The van der Waals surface area contributed by atoms with Gasteiger partial charge >= 0.3 is 0 Å². The summed E-state index contributed by atoms with van der Waals surface area (Å²) in [5, 5.41) is 5.00. The Morgan fingerprint density at radius 1 is 0.931 bits per heavy atom. The average Bonchev–Trinajstić information content (AvgIpc) is 2.76. The van der Waals surface area contributed by atoms with E-state index in [2.05, 4.69) is 17.0 Å². The van der Waals surface area contributed by atoms with E-state index in [-0.39, 0.29) is 5.56 Å². The fourth-order valence-electron chi connectivity index (χ4n) is 3.05. The molecule has 0 saturated heterocycles. The van der Waals surface area contributed by atoms with Gasteiger partial charge in [0, 0.05) is 6.42 Å². The topological polar surface area (TPSA) is 56.5 Å². The lowest BCUT2D eigenvalue weighted by Crippen LogP contribution is -2.22. The van der Waals surface area contributed by atoms with Gasteiger partial charge in [-0.3, -0.25) is 4.79 Å². The van der Waals surface area contributed by atoms with Gasteiger partial charge in [-0.15, -0.1) is 0 Å². The van der Waals surface area contributed by atoms with E-state index in [1.807, 2.05) is 72.8 Å². The zero-order valence-corrected chi connectivity index (χ0v) is 16.2. The van der Waals surface area contributed by atoms with Gasteiger partial charge in [-0.1, -0.05) is 37.3 Å². The smallest absolute Gasteiger partial charge is 0.282 e. The zero-order valence-electron chi connectivity index (χ0n) is 16.2. The molecule has 0 unspecified atom stereocenters. The standard InChI is InChI=1S/C24H21N3O2/c1-2-8-23-26-22-12-7-6-11-21(22)24(28)27(23)25-17-18-13-15-20(16-14-18)29-19-9-4-3-5-10-19/h3-7,9-17H,2,8H2,1H3/b25-17+. The molecule has 5 heteroatoms. The van der Waals surface area contributed by atoms with Crippen molar-refractivity contribution in [2.75, 3.05) is 0 Å². The van der Waals surface area contributed by atoms with Gasteiger partial charge in [0.25, 0.3) is 5.56 Å². The molecule has 0 spiro atoms. The van der Waals surface area contributed by atoms with Gasteiger partial charge in [-0.2, -0.15) is 9.78 Å². The third kappa shape index (κ3) is 4.24. The normalized spacial score (nSPS) is 11.2. The van der Waals surface area contributed by atoms with Crippen molar-refractivity contribution in [3.63, 3.8) is 0 Å². The second kappa shape index (κ2) is 8.52. The van der Waals surface area contributed by atoms with Crippen LogP contribution in [-0.2, 0) is 6.42 Å². The number of benzene rings is 3. The van der Waals surface area contributed by atoms with Gasteiger partial charge < -0.3 is 4.74 Å². The maximum absolute atomic E-state index is 12.9. The average molecular weight is 383 g/mol. The van der Waals surface area contributed by atoms with Crippen molar-refractivity contribution < 1.29 is 4.74 Å². The van der Waals surface area contributed by atoms with Crippen LogP contribution in [0.25, 0.3) is 10.9 Å². The van der Waals surface area contributed by atoms with Crippen LogP contribution in [0, 0.1) is 0 Å². The zero-order chi connectivity index (χ0) is 20.1. The first-order chi connectivity index (χ1) is 14.2. The van der Waals surface area contributed by atoms with Crippen molar-refractivity contribution in [2.24, 2.45) is 5.10 Å². The summed E-state index contributed by atoms with van der Waals surface area (Å²) in [5.74, 6) is 2.19. The number of ether oxygens (including phenoxy) is 1. The number of para-hydroxylation sites is 2. The van der Waals surface area contributed by atoms with Crippen LogP contribution in [0.2, 0.25) is 0 Å². The van der Waals surface area contributed by atoms with Gasteiger partial charge in [0.05, 0.1) is 17.1 Å². The molecular formula is C24H21N3O2. The maximum atomic E-state index is 12.9. The Morgan fingerprint density at radius 3 is 2.38 bits per heavy atom. The SMILES string of the molecule is CCCc1nc2ccccc2c(=O)n1/N=C/c1ccc(Oc2ccccc2)cc1. The fourth-order valence-corrected chi connectivity index (χ4v) is 3.05. The molecule has 5 nitrogen and oxygen atoms in total. The van der Waals surface area contributed by atoms with Crippen LogP contribution in [0.5, 0.6) is 11.5 Å². The molecule has 0 aliphatic carbocycles. The minimum Gasteiger partial charge on any atom is -0.457 e. The molecule has 1 aromatic heterocycles. The summed E-state index contributed by atoms with van der Waals surface area (Å²) >= 11 is 0. The van der Waals surface area contributed by atoms with Crippen molar-refractivity contribution in [3.8, 4) is 11.5 Å². The first-order valence-corrected chi connectivity index (χ1v) is 9.62.